The topological polar surface area (TPSA) is 71.5 Å². The third-order valence-corrected chi connectivity index (χ3v) is 11.1. The number of rotatable bonds is 5. The summed E-state index contributed by atoms with van der Waals surface area (Å²) in [5.41, 5.74) is 1.54. The lowest BCUT2D eigenvalue weighted by Gasteiger charge is -2.40. The third kappa shape index (κ3) is 3.99. The van der Waals surface area contributed by atoms with Crippen molar-refractivity contribution in [3.8, 4) is 0 Å². The summed E-state index contributed by atoms with van der Waals surface area (Å²) in [5.74, 6) is -2.18. The number of ketones is 4. The number of anilines is 1. The summed E-state index contributed by atoms with van der Waals surface area (Å²) in [6, 6.07) is 38.0. The largest absolute Gasteiger partial charge is 0.343 e. The minimum atomic E-state index is -1.93. The van der Waals surface area contributed by atoms with Crippen molar-refractivity contribution < 1.29 is 19.2 Å². The van der Waals surface area contributed by atoms with E-state index in [9.17, 15) is 0 Å². The van der Waals surface area contributed by atoms with Crippen molar-refractivity contribution in [1.29, 1.82) is 0 Å². The second-order valence-corrected chi connectivity index (χ2v) is 14.2. The van der Waals surface area contributed by atoms with Crippen molar-refractivity contribution in [3.05, 3.63) is 172 Å². The summed E-state index contributed by atoms with van der Waals surface area (Å²) in [7, 11) is 0. The Balaban J connectivity index is 1.55. The Morgan fingerprint density at radius 3 is 1.29 bits per heavy atom. The number of carbonyl (C=O) groups excluding carboxylic acids is 4. The highest BCUT2D eigenvalue weighted by Gasteiger charge is 2.80. The van der Waals surface area contributed by atoms with Crippen molar-refractivity contribution in [1.82, 2.24) is 0 Å². The normalized spacial score (nSPS) is 20.2. The summed E-state index contributed by atoms with van der Waals surface area (Å²) in [6.07, 6.45) is 0. The van der Waals surface area contributed by atoms with Crippen LogP contribution in [0.3, 0.4) is 0 Å². The molecule has 5 heteroatoms. The van der Waals surface area contributed by atoms with Crippen molar-refractivity contribution in [2.24, 2.45) is 5.41 Å². The zero-order valence-corrected chi connectivity index (χ0v) is 28.0. The van der Waals surface area contributed by atoms with E-state index >= 15 is 19.2 Å². The molecule has 5 nitrogen and oxygen atoms in total. The first kappa shape index (κ1) is 30.9. The van der Waals surface area contributed by atoms with Gasteiger partial charge in [0.2, 0.25) is 0 Å². The second kappa shape index (κ2) is 11.1. The molecule has 0 amide bonds. The molecule has 1 saturated heterocycles. The maximum Gasteiger partial charge on any atom is 0.197 e. The molecule has 0 saturated carbocycles. The van der Waals surface area contributed by atoms with E-state index in [-0.39, 0.29) is 23.4 Å². The molecular weight excluding hydrogens is 606 g/mol. The van der Waals surface area contributed by atoms with Crippen LogP contribution >= 0.6 is 0 Å². The number of hydrogen-bond acceptors (Lipinski definition) is 5. The Bertz CT molecular complexity index is 2090. The Labute approximate surface area is 286 Å². The quantitative estimate of drug-likeness (QED) is 0.179. The van der Waals surface area contributed by atoms with Gasteiger partial charge in [-0.2, -0.15) is 0 Å². The minimum absolute atomic E-state index is 0.228. The van der Waals surface area contributed by atoms with Gasteiger partial charge < -0.3 is 4.90 Å². The van der Waals surface area contributed by atoms with E-state index < -0.39 is 34.5 Å². The smallest absolute Gasteiger partial charge is 0.197 e. The average Bonchev–Trinajstić information content (AvgIpc) is 3.63. The Morgan fingerprint density at radius 1 is 0.469 bits per heavy atom. The molecule has 0 radical (unpaired) electrons. The van der Waals surface area contributed by atoms with E-state index in [1.807, 2.05) is 83.8 Å². The lowest BCUT2D eigenvalue weighted by Crippen LogP contribution is -2.57. The van der Waals surface area contributed by atoms with Gasteiger partial charge in [-0.05, 0) is 46.2 Å². The van der Waals surface area contributed by atoms with Gasteiger partial charge in [-0.25, -0.2) is 0 Å². The molecule has 1 heterocycles. The van der Waals surface area contributed by atoms with Crippen LogP contribution in [0.5, 0.6) is 0 Å². The molecule has 49 heavy (non-hydrogen) atoms. The number of Topliss-reactive ketones (excluding diaryl/α,β-unsaturated/α-hetero) is 4. The van der Waals surface area contributed by atoms with E-state index in [1.54, 1.807) is 48.5 Å². The molecule has 3 aliphatic rings. The molecule has 2 spiro atoms. The molecule has 5 aromatic rings. The number of benzene rings is 5. The zero-order chi connectivity index (χ0) is 34.2. The first-order valence-corrected chi connectivity index (χ1v) is 17.1. The van der Waals surface area contributed by atoms with Gasteiger partial charge in [-0.3, -0.25) is 19.2 Å². The van der Waals surface area contributed by atoms with Crippen LogP contribution in [0.15, 0.2) is 127 Å². The fraction of sp³-hybridized carbons (Fsp3) is 0.227. The van der Waals surface area contributed by atoms with Gasteiger partial charge in [0.25, 0.3) is 0 Å². The van der Waals surface area contributed by atoms with Crippen LogP contribution in [0.1, 0.15) is 115 Å². The lowest BCUT2D eigenvalue weighted by atomic mass is 9.59. The highest BCUT2D eigenvalue weighted by atomic mass is 16.2. The van der Waals surface area contributed by atoms with E-state index in [1.165, 1.54) is 0 Å². The molecule has 0 bridgehead atoms. The number of carbonyl (C=O) groups is 4. The molecular formula is C44H37NO4. The van der Waals surface area contributed by atoms with Gasteiger partial charge in [0.15, 0.2) is 28.7 Å². The van der Waals surface area contributed by atoms with Crippen molar-refractivity contribution in [2.45, 2.75) is 57.0 Å². The van der Waals surface area contributed by atoms with E-state index in [0.29, 0.717) is 39.1 Å². The summed E-state index contributed by atoms with van der Waals surface area (Å²) in [5, 5.41) is 0. The highest BCUT2D eigenvalue weighted by molar-refractivity contribution is 6.39. The van der Waals surface area contributed by atoms with Crippen LogP contribution in [0.2, 0.25) is 0 Å². The van der Waals surface area contributed by atoms with Gasteiger partial charge in [0, 0.05) is 33.9 Å². The van der Waals surface area contributed by atoms with E-state index in [4.69, 9.17) is 0 Å². The minimum Gasteiger partial charge on any atom is -0.343 e. The van der Waals surface area contributed by atoms with Gasteiger partial charge in [-0.15, -0.1) is 0 Å². The molecule has 2 atom stereocenters. The zero-order valence-electron chi connectivity index (χ0n) is 28.0. The van der Waals surface area contributed by atoms with Crippen LogP contribution in [-0.2, 0) is 0 Å². The standard InChI is InChI=1S/C44H37NO4/c1-26(2)28-18-22-30(23-19-28)37-43(39(46)33-14-8-9-15-34(33)40(43)47)38(31-24-20-29(21-25-31)27(3)4)45(32-12-6-5-7-13-32)44(37)41(48)35-16-10-11-17-36(35)42(44)49/h5-27,37-38H,1-4H3/t37-,38+/m0/s1. The van der Waals surface area contributed by atoms with Crippen LogP contribution in [0.25, 0.3) is 0 Å². The van der Waals surface area contributed by atoms with Crippen molar-refractivity contribution in [3.63, 3.8) is 0 Å². The SMILES string of the molecule is CC(C)c1ccc([C@H]2N(c3ccccc3)C3(C(=O)c4ccccc4C3=O)[C@@H](c3ccc(C(C)C)cc3)C23C(=O)c2ccccc2C3=O)cc1. The van der Waals surface area contributed by atoms with E-state index in [0.717, 1.165) is 11.1 Å². The molecule has 0 aromatic heterocycles. The molecule has 0 unspecified atom stereocenters. The summed E-state index contributed by atoms with van der Waals surface area (Å²) < 4.78 is 0. The van der Waals surface area contributed by atoms with Gasteiger partial charge >= 0.3 is 0 Å². The molecule has 1 aliphatic heterocycles. The highest BCUT2D eigenvalue weighted by Crippen LogP contribution is 2.69. The van der Waals surface area contributed by atoms with Gasteiger partial charge in [0.1, 0.15) is 5.41 Å². The molecule has 8 rings (SSSR count). The van der Waals surface area contributed by atoms with Gasteiger partial charge in [-0.1, -0.05) is 143 Å². The Hall–Kier alpha value is -5.42. The number of para-hydroxylation sites is 1. The van der Waals surface area contributed by atoms with Crippen LogP contribution < -0.4 is 4.90 Å². The van der Waals surface area contributed by atoms with Crippen molar-refractivity contribution in [2.75, 3.05) is 4.90 Å². The Kier molecular flexibility index (Phi) is 6.97. The number of hydrogen-bond donors (Lipinski definition) is 0. The van der Waals surface area contributed by atoms with Crippen LogP contribution in [-0.4, -0.2) is 28.7 Å². The first-order valence-electron chi connectivity index (χ1n) is 17.1. The summed E-state index contributed by atoms with van der Waals surface area (Å²) in [4.78, 5) is 63.7. The predicted octanol–water partition coefficient (Wildman–Crippen LogP) is 9.16. The number of fused-ring (bicyclic) bond motifs is 2. The maximum atomic E-state index is 15.5. The van der Waals surface area contributed by atoms with E-state index in [2.05, 4.69) is 27.7 Å². The summed E-state index contributed by atoms with van der Waals surface area (Å²) in [6.45, 7) is 8.43. The second-order valence-electron chi connectivity index (χ2n) is 14.2. The Morgan fingerprint density at radius 2 is 0.857 bits per heavy atom. The predicted molar refractivity (Wildman–Crippen MR) is 191 cm³/mol. The molecule has 2 aliphatic carbocycles. The van der Waals surface area contributed by atoms with Crippen molar-refractivity contribution >= 4 is 28.8 Å². The number of nitrogens with zero attached hydrogens (tertiary/aromatic N) is 1. The third-order valence-electron chi connectivity index (χ3n) is 11.1. The maximum absolute atomic E-state index is 15.5. The molecule has 5 aromatic carbocycles. The summed E-state index contributed by atoms with van der Waals surface area (Å²) >= 11 is 0. The fourth-order valence-electron chi connectivity index (χ4n) is 8.84. The van der Waals surface area contributed by atoms with Crippen LogP contribution in [0, 0.1) is 5.41 Å². The molecule has 0 N–H and O–H groups in total. The van der Waals surface area contributed by atoms with Gasteiger partial charge in [0.05, 0.1) is 6.04 Å². The fourth-order valence-corrected chi connectivity index (χ4v) is 8.84. The average molecular weight is 644 g/mol. The molecule has 1 fully saturated rings. The monoisotopic (exact) mass is 643 g/mol. The molecule has 242 valence electrons. The first-order chi connectivity index (χ1) is 23.6. The van der Waals surface area contributed by atoms with Crippen LogP contribution in [0.4, 0.5) is 5.69 Å². The lowest BCUT2D eigenvalue weighted by molar-refractivity contribution is 0.0619.